The maximum Gasteiger partial charge on any atom is 0.410 e. The number of hydrogen-bond acceptors (Lipinski definition) is 8. The summed E-state index contributed by atoms with van der Waals surface area (Å²) in [6.07, 6.45) is 8.58. The van der Waals surface area contributed by atoms with Crippen molar-refractivity contribution in [1.82, 2.24) is 20.4 Å². The molecule has 0 spiro atoms. The van der Waals surface area contributed by atoms with Crippen molar-refractivity contribution in [3.05, 3.63) is 70.9 Å². The number of rotatable bonds is 5. The van der Waals surface area contributed by atoms with Crippen LogP contribution >= 0.6 is 0 Å². The third-order valence-corrected chi connectivity index (χ3v) is 9.96. The first-order chi connectivity index (χ1) is 22.7. The maximum atomic E-state index is 14.4. The molecule has 0 radical (unpaired) electrons. The van der Waals surface area contributed by atoms with Gasteiger partial charge in [-0.25, -0.2) is 9.18 Å². The molecule has 1 saturated heterocycles. The fourth-order valence-electron chi connectivity index (χ4n) is 7.26. The molecule has 4 aliphatic rings. The molecule has 3 aliphatic heterocycles. The highest BCUT2D eigenvalue weighted by atomic mass is 19.1. The van der Waals surface area contributed by atoms with E-state index in [1.165, 1.54) is 15.9 Å². The smallest absolute Gasteiger partial charge is 0.410 e. The number of benzene rings is 1. The predicted octanol–water partition coefficient (Wildman–Crippen LogP) is 4.39. The van der Waals surface area contributed by atoms with E-state index in [-0.39, 0.29) is 55.9 Å². The zero-order chi connectivity index (χ0) is 33.1. The van der Waals surface area contributed by atoms with Crippen LogP contribution in [0.3, 0.4) is 0 Å². The minimum atomic E-state index is -1.06. The van der Waals surface area contributed by atoms with Crippen LogP contribution in [0, 0.1) is 35.5 Å². The van der Waals surface area contributed by atoms with Crippen molar-refractivity contribution in [3.63, 3.8) is 0 Å². The number of carbonyl (C=O) groups is 4. The molecule has 248 valence electrons. The van der Waals surface area contributed by atoms with E-state index < -0.39 is 35.6 Å². The minimum Gasteiger partial charge on any atom is -0.465 e. The molecule has 1 aliphatic carbocycles. The number of fused-ring (bicyclic) bond motifs is 3. The second kappa shape index (κ2) is 13.7. The van der Waals surface area contributed by atoms with Crippen LogP contribution in [0.5, 0.6) is 0 Å². The van der Waals surface area contributed by atoms with Gasteiger partial charge in [0.15, 0.2) is 12.0 Å². The monoisotopic (exact) mass is 645 g/mol. The number of hydrogen-bond donors (Lipinski definition) is 2. The highest BCUT2D eigenvalue weighted by Crippen LogP contribution is 2.57. The fourth-order valence-corrected chi connectivity index (χ4v) is 7.26. The van der Waals surface area contributed by atoms with Gasteiger partial charge in [0.25, 0.3) is 0 Å². The number of amides is 3. The second-order valence-corrected chi connectivity index (χ2v) is 13.2. The summed E-state index contributed by atoms with van der Waals surface area (Å²) in [5, 5.41) is 14.7. The number of nitrogens with one attached hydrogen (secondary N) is 2. The van der Waals surface area contributed by atoms with Crippen LogP contribution in [0.2, 0.25) is 0 Å². The average Bonchev–Trinajstić information content (AvgIpc) is 3.40. The minimum absolute atomic E-state index is 0.00882. The van der Waals surface area contributed by atoms with Crippen molar-refractivity contribution in [2.24, 2.45) is 11.3 Å². The summed E-state index contributed by atoms with van der Waals surface area (Å²) in [5.74, 6) is -0.219. The second-order valence-electron chi connectivity index (χ2n) is 13.2. The Kier molecular flexibility index (Phi) is 9.45. The zero-order valence-electron chi connectivity index (χ0n) is 26.5. The van der Waals surface area contributed by atoms with Crippen LogP contribution in [0.15, 0.2) is 46.9 Å². The molecule has 12 heteroatoms. The van der Waals surface area contributed by atoms with Crippen LogP contribution in [-0.4, -0.2) is 58.2 Å². The quantitative estimate of drug-likeness (QED) is 0.277. The third-order valence-electron chi connectivity index (χ3n) is 9.96. The van der Waals surface area contributed by atoms with Crippen molar-refractivity contribution in [1.29, 1.82) is 5.26 Å². The summed E-state index contributed by atoms with van der Waals surface area (Å²) < 4.78 is 25.9. The molecule has 2 N–H and O–H groups in total. The van der Waals surface area contributed by atoms with E-state index in [4.69, 9.17) is 9.15 Å². The fraction of sp³-hybridized carbons (Fsp3) is 0.514. The van der Waals surface area contributed by atoms with Crippen LogP contribution < -0.4 is 10.6 Å². The number of furan rings is 1. The van der Waals surface area contributed by atoms with Gasteiger partial charge in [-0.2, -0.15) is 5.26 Å². The first kappa shape index (κ1) is 32.4. The molecular weight excluding hydrogens is 605 g/mol. The number of halogens is 1. The van der Waals surface area contributed by atoms with Crippen molar-refractivity contribution in [2.45, 2.75) is 96.1 Å². The normalized spacial score (nSPS) is 28.3. The standard InChI is InChI=1S/C35H40FN5O6/c1-22-12-13-25(46-22)17-38-29-11-6-4-2-3-5-9-24-15-35(24,33(44)39-21-37)16-31(42)30-14-26(19-41(30)32(29)43)47-34(45)40-18-23-8-7-10-28(36)27(23)20-40/h5,7-10,12-13,24,26,29-30,38H,2-4,6,11,14-20H2,1H3,(H,39,44)/b9-5-/t24-,26-,29+,30?,35-/m1/s1. The van der Waals surface area contributed by atoms with Crippen molar-refractivity contribution >= 4 is 23.7 Å². The number of ether oxygens (including phenoxy) is 1. The first-order valence-corrected chi connectivity index (χ1v) is 16.4. The number of Topliss-reactive ketones (excluding diaryl/α,β-unsaturated/α-hetero) is 1. The molecule has 1 unspecified atom stereocenters. The molecule has 1 saturated carbocycles. The summed E-state index contributed by atoms with van der Waals surface area (Å²) >= 11 is 0. The Morgan fingerprint density at radius 2 is 2.02 bits per heavy atom. The van der Waals surface area contributed by atoms with Gasteiger partial charge in [-0.05, 0) is 62.3 Å². The Balaban J connectivity index is 1.23. The lowest BCUT2D eigenvalue weighted by Crippen LogP contribution is -2.51. The molecule has 11 nitrogen and oxygen atoms in total. The van der Waals surface area contributed by atoms with Gasteiger partial charge in [-0.15, -0.1) is 0 Å². The molecule has 5 atom stereocenters. The summed E-state index contributed by atoms with van der Waals surface area (Å²) in [7, 11) is 0. The highest BCUT2D eigenvalue weighted by Gasteiger charge is 2.60. The lowest BCUT2D eigenvalue weighted by atomic mass is 9.91. The number of nitrogens with zero attached hydrogens (tertiary/aromatic N) is 3. The molecule has 1 aromatic heterocycles. The number of nitriles is 1. The Bertz CT molecular complexity index is 1620. The van der Waals surface area contributed by atoms with Gasteiger partial charge in [0.05, 0.1) is 37.1 Å². The summed E-state index contributed by atoms with van der Waals surface area (Å²) in [5.41, 5.74) is 0.0947. The summed E-state index contributed by atoms with van der Waals surface area (Å²) in [6, 6.07) is 6.89. The van der Waals surface area contributed by atoms with Crippen LogP contribution in [0.25, 0.3) is 0 Å². The van der Waals surface area contributed by atoms with E-state index in [0.717, 1.165) is 31.4 Å². The van der Waals surface area contributed by atoms with E-state index in [1.807, 2.05) is 31.2 Å². The number of carbonyl (C=O) groups excluding carboxylic acids is 4. The Hall–Kier alpha value is -4.50. The highest BCUT2D eigenvalue weighted by molar-refractivity contribution is 5.97. The van der Waals surface area contributed by atoms with Gasteiger partial charge < -0.3 is 14.1 Å². The van der Waals surface area contributed by atoms with E-state index in [2.05, 4.69) is 10.6 Å². The molecule has 1 aromatic carbocycles. The van der Waals surface area contributed by atoms with Crippen LogP contribution in [0.4, 0.5) is 9.18 Å². The Morgan fingerprint density at radius 1 is 1.17 bits per heavy atom. The van der Waals surface area contributed by atoms with E-state index in [9.17, 15) is 28.8 Å². The zero-order valence-corrected chi connectivity index (χ0v) is 26.5. The number of ketones is 1. The largest absolute Gasteiger partial charge is 0.465 e. The summed E-state index contributed by atoms with van der Waals surface area (Å²) in [6.45, 7) is 2.45. The van der Waals surface area contributed by atoms with Gasteiger partial charge in [-0.1, -0.05) is 37.1 Å². The van der Waals surface area contributed by atoms with Crippen LogP contribution in [0.1, 0.15) is 74.0 Å². The van der Waals surface area contributed by atoms with Gasteiger partial charge in [0, 0.05) is 24.9 Å². The first-order valence-electron chi connectivity index (χ1n) is 16.4. The Morgan fingerprint density at radius 3 is 2.79 bits per heavy atom. The van der Waals surface area contributed by atoms with Gasteiger partial charge >= 0.3 is 6.09 Å². The SMILES string of the molecule is Cc1ccc(CN[C@H]2CCCCC/C=C\[C@@H]3C[C@@]3(C(=O)NC#N)CC(=O)C3C[C@@H](OC(=O)N4Cc5cccc(F)c5C4)CN3C2=O)o1. The van der Waals surface area contributed by atoms with E-state index in [0.29, 0.717) is 36.3 Å². The Labute approximate surface area is 273 Å². The molecule has 6 rings (SSSR count). The average molecular weight is 646 g/mol. The molecule has 47 heavy (non-hydrogen) atoms. The molecule has 4 heterocycles. The van der Waals surface area contributed by atoms with E-state index >= 15 is 0 Å². The lowest BCUT2D eigenvalue weighted by molar-refractivity contribution is -0.140. The molecule has 0 bridgehead atoms. The van der Waals surface area contributed by atoms with Crippen molar-refractivity contribution < 1.29 is 32.7 Å². The lowest BCUT2D eigenvalue weighted by Gasteiger charge is -2.29. The summed E-state index contributed by atoms with van der Waals surface area (Å²) in [4.78, 5) is 57.6. The number of allylic oxidation sites excluding steroid dienone is 2. The van der Waals surface area contributed by atoms with E-state index in [1.54, 1.807) is 18.3 Å². The third kappa shape index (κ3) is 6.95. The molecule has 3 amide bonds. The maximum absolute atomic E-state index is 14.4. The molecule has 2 fully saturated rings. The van der Waals surface area contributed by atoms with Crippen molar-refractivity contribution in [2.75, 3.05) is 6.54 Å². The van der Waals surface area contributed by atoms with Crippen LogP contribution in [-0.2, 0) is 38.8 Å². The van der Waals surface area contributed by atoms with Gasteiger partial charge in [0.2, 0.25) is 11.8 Å². The molecular formula is C35H40FN5O6. The topological polar surface area (TPSA) is 145 Å². The van der Waals surface area contributed by atoms with Gasteiger partial charge in [0.1, 0.15) is 23.4 Å². The van der Waals surface area contributed by atoms with Gasteiger partial charge in [-0.3, -0.25) is 29.9 Å². The predicted molar refractivity (Wildman–Crippen MR) is 166 cm³/mol. The van der Waals surface area contributed by atoms with Crippen molar-refractivity contribution in [3.8, 4) is 6.19 Å². The molecule has 2 aromatic rings. The number of aryl methyl sites for hydroxylation is 1.